The van der Waals surface area contributed by atoms with Crippen molar-refractivity contribution in [3.8, 4) is 22.9 Å². The van der Waals surface area contributed by atoms with Gasteiger partial charge in [-0.25, -0.2) is 9.50 Å². The largest absolute Gasteiger partial charge is 0.491 e. The molecule has 3 aromatic heterocycles. The Balaban J connectivity index is 1.32. The van der Waals surface area contributed by atoms with Crippen LogP contribution in [0.15, 0.2) is 36.8 Å². The lowest BCUT2D eigenvalue weighted by molar-refractivity contribution is -0.120. The highest BCUT2D eigenvalue weighted by Crippen LogP contribution is 2.35. The quantitative estimate of drug-likeness (QED) is 0.616. The molecule has 7 rings (SSSR count). The minimum atomic E-state index is 0.0451. The Morgan fingerprint density at radius 2 is 2.06 bits per heavy atom. The van der Waals surface area contributed by atoms with Crippen LogP contribution in [-0.4, -0.2) is 71.5 Å². The topological polar surface area (TPSA) is 78.9 Å². The van der Waals surface area contributed by atoms with Crippen LogP contribution in [0.25, 0.3) is 16.6 Å². The third-order valence-corrected chi connectivity index (χ3v) is 7.14. The molecular formula is C24H26N6O2. The van der Waals surface area contributed by atoms with Gasteiger partial charge in [0.15, 0.2) is 0 Å². The number of hydrogen-bond acceptors (Lipinski definition) is 7. The normalized spacial score (nSPS) is 24.0. The van der Waals surface area contributed by atoms with E-state index in [1.807, 2.05) is 18.5 Å². The van der Waals surface area contributed by atoms with Gasteiger partial charge in [-0.3, -0.25) is 4.90 Å². The van der Waals surface area contributed by atoms with Crippen LogP contribution in [-0.2, 0) is 4.74 Å². The lowest BCUT2D eigenvalue weighted by Gasteiger charge is -2.55. The van der Waals surface area contributed by atoms with Crippen molar-refractivity contribution in [2.75, 3.05) is 44.9 Å². The van der Waals surface area contributed by atoms with Crippen LogP contribution >= 0.6 is 0 Å². The summed E-state index contributed by atoms with van der Waals surface area (Å²) in [5.74, 6) is 1.73. The molecule has 0 spiro atoms. The molecular weight excluding hydrogens is 404 g/mol. The van der Waals surface area contributed by atoms with Gasteiger partial charge in [0, 0.05) is 47.9 Å². The minimum absolute atomic E-state index is 0.0451. The molecule has 2 atom stereocenters. The van der Waals surface area contributed by atoms with Gasteiger partial charge in [0.1, 0.15) is 17.6 Å². The molecule has 4 fully saturated rings. The standard InChI is InChI=1S/C24H26N6O2/c1-24(13-31-14-24)15-32-20-6-21(23-17(7-25)9-27-30(23)12-20)16-3-4-22(26-8-16)29-10-18-5-19(11-29)28(18)2/h3-4,6,8-9,12,18-19H,5,10-11,13-15H2,1-2H3. The average molecular weight is 431 g/mol. The summed E-state index contributed by atoms with van der Waals surface area (Å²) in [6, 6.07) is 9.68. The summed E-state index contributed by atoms with van der Waals surface area (Å²) >= 11 is 0. The zero-order valence-electron chi connectivity index (χ0n) is 18.4. The van der Waals surface area contributed by atoms with Gasteiger partial charge >= 0.3 is 0 Å². The number of nitrogens with zero attached hydrogens (tertiary/aromatic N) is 6. The van der Waals surface area contributed by atoms with Crippen molar-refractivity contribution in [1.29, 1.82) is 5.26 Å². The van der Waals surface area contributed by atoms with Crippen LogP contribution in [0.3, 0.4) is 0 Å². The lowest BCUT2D eigenvalue weighted by Crippen LogP contribution is -2.67. The molecule has 32 heavy (non-hydrogen) atoms. The molecule has 3 aromatic rings. The van der Waals surface area contributed by atoms with Crippen molar-refractivity contribution in [3.05, 3.63) is 42.4 Å². The zero-order valence-corrected chi connectivity index (χ0v) is 18.4. The fourth-order valence-corrected chi connectivity index (χ4v) is 4.99. The number of ether oxygens (including phenoxy) is 2. The van der Waals surface area contributed by atoms with Gasteiger partial charge in [-0.15, -0.1) is 0 Å². The van der Waals surface area contributed by atoms with Crippen LogP contribution in [0.5, 0.6) is 5.75 Å². The number of nitriles is 1. The van der Waals surface area contributed by atoms with Crippen LogP contribution < -0.4 is 9.64 Å². The number of aromatic nitrogens is 3. The molecule has 2 bridgehead atoms. The Bertz CT molecular complexity index is 1200. The summed E-state index contributed by atoms with van der Waals surface area (Å²) in [6.45, 7) is 6.20. The van der Waals surface area contributed by atoms with Gasteiger partial charge < -0.3 is 14.4 Å². The van der Waals surface area contributed by atoms with E-state index in [0.29, 0.717) is 37.5 Å². The summed E-state index contributed by atoms with van der Waals surface area (Å²) in [4.78, 5) is 9.62. The van der Waals surface area contributed by atoms with Gasteiger partial charge in [0.05, 0.1) is 43.3 Å². The second kappa shape index (κ2) is 7.19. The molecule has 164 valence electrons. The number of likely N-dealkylation sites (N-methyl/N-ethyl adjacent to an activating group) is 1. The Kier molecular flexibility index (Phi) is 4.39. The zero-order chi connectivity index (χ0) is 21.9. The monoisotopic (exact) mass is 430 g/mol. The van der Waals surface area contributed by atoms with E-state index in [1.165, 1.54) is 6.42 Å². The molecule has 0 radical (unpaired) electrons. The van der Waals surface area contributed by atoms with E-state index in [1.54, 1.807) is 10.7 Å². The molecule has 0 aliphatic carbocycles. The predicted molar refractivity (Wildman–Crippen MR) is 120 cm³/mol. The first kappa shape index (κ1) is 19.5. The summed E-state index contributed by atoms with van der Waals surface area (Å²) < 4.78 is 13.2. The summed E-state index contributed by atoms with van der Waals surface area (Å²) in [7, 11) is 2.21. The number of piperazine rings is 1. The van der Waals surface area contributed by atoms with Gasteiger partial charge in [-0.2, -0.15) is 10.4 Å². The fourth-order valence-electron chi connectivity index (χ4n) is 4.99. The molecule has 4 aliphatic heterocycles. The van der Waals surface area contributed by atoms with E-state index < -0.39 is 0 Å². The maximum atomic E-state index is 9.60. The molecule has 8 nitrogen and oxygen atoms in total. The molecule has 0 N–H and O–H groups in total. The summed E-state index contributed by atoms with van der Waals surface area (Å²) in [5.41, 5.74) is 3.19. The molecule has 0 amide bonds. The molecule has 4 aliphatic rings. The van der Waals surface area contributed by atoms with Crippen molar-refractivity contribution < 1.29 is 9.47 Å². The van der Waals surface area contributed by atoms with E-state index in [-0.39, 0.29) is 5.41 Å². The lowest BCUT2D eigenvalue weighted by atomic mass is 9.88. The first-order valence-corrected chi connectivity index (χ1v) is 11.1. The van der Waals surface area contributed by atoms with E-state index in [9.17, 15) is 5.26 Å². The minimum Gasteiger partial charge on any atom is -0.491 e. The smallest absolute Gasteiger partial charge is 0.138 e. The van der Waals surface area contributed by atoms with E-state index >= 15 is 0 Å². The molecule has 0 saturated carbocycles. The molecule has 0 aromatic carbocycles. The van der Waals surface area contributed by atoms with Crippen molar-refractivity contribution >= 4 is 11.3 Å². The Morgan fingerprint density at radius 3 is 2.69 bits per heavy atom. The Morgan fingerprint density at radius 1 is 1.25 bits per heavy atom. The predicted octanol–water partition coefficient (Wildman–Crippen LogP) is 2.58. The van der Waals surface area contributed by atoms with Gasteiger partial charge in [-0.1, -0.05) is 6.92 Å². The van der Waals surface area contributed by atoms with Crippen molar-refractivity contribution in [1.82, 2.24) is 19.5 Å². The van der Waals surface area contributed by atoms with Crippen molar-refractivity contribution in [3.63, 3.8) is 0 Å². The van der Waals surface area contributed by atoms with Gasteiger partial charge in [0.25, 0.3) is 0 Å². The highest BCUT2D eigenvalue weighted by Gasteiger charge is 2.42. The summed E-state index contributed by atoms with van der Waals surface area (Å²) in [6.07, 6.45) is 6.62. The Hall–Kier alpha value is -3.15. The summed E-state index contributed by atoms with van der Waals surface area (Å²) in [5, 5.41) is 14.0. The fraction of sp³-hybridized carbons (Fsp3) is 0.458. The Labute approximate surface area is 187 Å². The maximum absolute atomic E-state index is 9.60. The third-order valence-electron chi connectivity index (χ3n) is 7.14. The van der Waals surface area contributed by atoms with Crippen molar-refractivity contribution in [2.24, 2.45) is 5.41 Å². The second-order valence-electron chi connectivity index (χ2n) is 9.66. The highest BCUT2D eigenvalue weighted by atomic mass is 16.5. The SMILES string of the molecule is CN1C2CC1CN(c1ccc(-c3cc(OCC4(C)COC4)cn4ncc(C#N)c34)cn1)C2. The van der Waals surface area contributed by atoms with E-state index in [4.69, 9.17) is 14.5 Å². The van der Waals surface area contributed by atoms with Crippen LogP contribution in [0.2, 0.25) is 0 Å². The third kappa shape index (κ3) is 3.12. The number of hydrogen-bond donors (Lipinski definition) is 0. The van der Waals surface area contributed by atoms with E-state index in [0.717, 1.165) is 41.3 Å². The first-order valence-electron chi connectivity index (χ1n) is 11.1. The average Bonchev–Trinajstić information content (AvgIpc) is 3.24. The number of rotatable bonds is 5. The highest BCUT2D eigenvalue weighted by molar-refractivity contribution is 5.85. The van der Waals surface area contributed by atoms with Crippen LogP contribution in [0.1, 0.15) is 18.9 Å². The molecule has 2 unspecified atom stereocenters. The number of anilines is 1. The maximum Gasteiger partial charge on any atom is 0.138 e. The second-order valence-corrected chi connectivity index (χ2v) is 9.66. The van der Waals surface area contributed by atoms with Gasteiger partial charge in [0.2, 0.25) is 0 Å². The van der Waals surface area contributed by atoms with Gasteiger partial charge in [-0.05, 0) is 31.7 Å². The van der Waals surface area contributed by atoms with E-state index in [2.05, 4.69) is 47.1 Å². The number of pyridine rings is 2. The van der Waals surface area contributed by atoms with Crippen LogP contribution in [0.4, 0.5) is 5.82 Å². The first-order chi connectivity index (χ1) is 15.5. The molecule has 4 saturated heterocycles. The molecule has 8 heteroatoms. The van der Waals surface area contributed by atoms with Crippen LogP contribution in [0, 0.1) is 16.7 Å². The number of fused-ring (bicyclic) bond motifs is 3. The van der Waals surface area contributed by atoms with Crippen molar-refractivity contribution in [2.45, 2.75) is 25.4 Å². The molecule has 7 heterocycles. The number of piperidine rings is 1.